The first kappa shape index (κ1) is 23.3. The second-order valence-corrected chi connectivity index (χ2v) is 10.5. The largest absolute Gasteiger partial charge is 0.356 e. The Bertz CT molecular complexity index is 930. The monoisotopic (exact) mass is 437 g/mol. The Kier molecular flexibility index (Phi) is 8.18. The molecule has 0 unspecified atom stereocenters. The van der Waals surface area contributed by atoms with E-state index in [1.165, 1.54) is 4.88 Å². The molecule has 2 aromatic rings. The van der Waals surface area contributed by atoms with Crippen LogP contribution in [0.2, 0.25) is 0 Å². The molecule has 2 rings (SSSR count). The number of rotatable bonds is 8. The molecule has 0 spiro atoms. The molecule has 1 aromatic heterocycles. The molecule has 7 nitrogen and oxygen atoms in total. The minimum atomic E-state index is -3.61. The Balaban J connectivity index is 1.97. The van der Waals surface area contributed by atoms with Gasteiger partial charge in [0.05, 0.1) is 9.90 Å². The van der Waals surface area contributed by atoms with E-state index in [4.69, 9.17) is 0 Å². The molecule has 0 bridgehead atoms. The number of nitrogens with zero attached hydrogens (tertiary/aromatic N) is 2. The molecule has 0 saturated heterocycles. The molecular formula is C20H31N5O2S2. The fourth-order valence-electron chi connectivity index (χ4n) is 2.68. The Morgan fingerprint density at radius 3 is 2.55 bits per heavy atom. The van der Waals surface area contributed by atoms with E-state index in [1.807, 2.05) is 33.0 Å². The van der Waals surface area contributed by atoms with Crippen molar-refractivity contribution in [2.75, 3.05) is 13.6 Å². The van der Waals surface area contributed by atoms with Crippen molar-refractivity contribution in [3.63, 3.8) is 0 Å². The molecule has 0 radical (unpaired) electrons. The molecule has 0 fully saturated rings. The molecule has 0 saturated carbocycles. The lowest BCUT2D eigenvalue weighted by Gasteiger charge is -2.22. The number of nitrogens with one attached hydrogen (secondary N) is 3. The Morgan fingerprint density at radius 1 is 1.21 bits per heavy atom. The van der Waals surface area contributed by atoms with Crippen molar-refractivity contribution in [3.8, 4) is 0 Å². The SMILES string of the molecule is CCc1cnc(CCNC(=NC)NCc2ccccc2S(=O)(=O)NC(C)(C)C)s1. The fraction of sp³-hybridized carbons (Fsp3) is 0.500. The summed E-state index contributed by atoms with van der Waals surface area (Å²) in [6.45, 7) is 8.63. The van der Waals surface area contributed by atoms with Gasteiger partial charge in [0.1, 0.15) is 0 Å². The average Bonchev–Trinajstić information content (AvgIpc) is 3.11. The van der Waals surface area contributed by atoms with E-state index < -0.39 is 15.6 Å². The molecule has 1 heterocycles. The van der Waals surface area contributed by atoms with Gasteiger partial charge in [0.15, 0.2) is 5.96 Å². The highest BCUT2D eigenvalue weighted by molar-refractivity contribution is 7.89. The normalized spacial score (nSPS) is 12.8. The number of aromatic nitrogens is 1. The number of hydrogen-bond acceptors (Lipinski definition) is 5. The quantitative estimate of drug-likeness (QED) is 0.436. The first-order chi connectivity index (χ1) is 13.6. The third-order valence-corrected chi connectivity index (χ3v) is 7.01. The van der Waals surface area contributed by atoms with Crippen molar-refractivity contribution >= 4 is 27.3 Å². The molecule has 0 aliphatic rings. The molecule has 0 atom stereocenters. The summed E-state index contributed by atoms with van der Waals surface area (Å²) in [5.74, 6) is 0.619. The summed E-state index contributed by atoms with van der Waals surface area (Å²) in [6.07, 6.45) is 3.74. The van der Waals surface area contributed by atoms with E-state index in [9.17, 15) is 8.42 Å². The van der Waals surface area contributed by atoms with Crippen LogP contribution in [0.3, 0.4) is 0 Å². The van der Waals surface area contributed by atoms with Crippen molar-refractivity contribution in [1.29, 1.82) is 0 Å². The van der Waals surface area contributed by atoms with Crippen LogP contribution < -0.4 is 15.4 Å². The molecular weight excluding hydrogens is 406 g/mol. The van der Waals surface area contributed by atoms with Gasteiger partial charge in [-0.15, -0.1) is 11.3 Å². The minimum Gasteiger partial charge on any atom is -0.356 e. The number of thiazole rings is 1. The maximum absolute atomic E-state index is 12.7. The van der Waals surface area contributed by atoms with Crippen LogP contribution in [-0.2, 0) is 29.4 Å². The van der Waals surface area contributed by atoms with Crippen LogP contribution in [0, 0.1) is 0 Å². The van der Waals surface area contributed by atoms with Gasteiger partial charge in [-0.2, -0.15) is 0 Å². The number of sulfonamides is 1. The van der Waals surface area contributed by atoms with Crippen molar-refractivity contribution in [1.82, 2.24) is 20.3 Å². The lowest BCUT2D eigenvalue weighted by molar-refractivity contribution is 0.491. The summed E-state index contributed by atoms with van der Waals surface area (Å²) in [7, 11) is -1.92. The summed E-state index contributed by atoms with van der Waals surface area (Å²) in [5, 5.41) is 7.54. The van der Waals surface area contributed by atoms with Crippen molar-refractivity contribution in [2.45, 2.75) is 57.5 Å². The van der Waals surface area contributed by atoms with E-state index in [1.54, 1.807) is 36.6 Å². The molecule has 0 aliphatic carbocycles. The van der Waals surface area contributed by atoms with Gasteiger partial charge in [0, 0.05) is 43.2 Å². The maximum atomic E-state index is 12.7. The van der Waals surface area contributed by atoms with Gasteiger partial charge in [0.2, 0.25) is 10.0 Å². The summed E-state index contributed by atoms with van der Waals surface area (Å²) >= 11 is 1.73. The third kappa shape index (κ3) is 7.41. The zero-order valence-electron chi connectivity index (χ0n) is 17.7. The van der Waals surface area contributed by atoms with E-state index in [2.05, 4.69) is 32.3 Å². The van der Waals surface area contributed by atoms with Gasteiger partial charge >= 0.3 is 0 Å². The van der Waals surface area contributed by atoms with Crippen LogP contribution in [0.25, 0.3) is 0 Å². The van der Waals surface area contributed by atoms with E-state index in [0.29, 0.717) is 24.6 Å². The van der Waals surface area contributed by atoms with Crippen LogP contribution in [0.15, 0.2) is 40.4 Å². The summed E-state index contributed by atoms with van der Waals surface area (Å²) in [5.41, 5.74) is 0.129. The number of benzene rings is 1. The number of aliphatic imine (C=N–C) groups is 1. The van der Waals surface area contributed by atoms with Crippen LogP contribution in [0.1, 0.15) is 43.1 Å². The second-order valence-electron chi connectivity index (χ2n) is 7.64. The van der Waals surface area contributed by atoms with Crippen LogP contribution in [0.4, 0.5) is 0 Å². The maximum Gasteiger partial charge on any atom is 0.241 e. The topological polar surface area (TPSA) is 95.5 Å². The Morgan fingerprint density at radius 2 is 1.93 bits per heavy atom. The lowest BCUT2D eigenvalue weighted by Crippen LogP contribution is -2.41. The number of aryl methyl sites for hydroxylation is 1. The van der Waals surface area contributed by atoms with Gasteiger partial charge < -0.3 is 10.6 Å². The highest BCUT2D eigenvalue weighted by Gasteiger charge is 2.24. The van der Waals surface area contributed by atoms with Crippen molar-refractivity contribution < 1.29 is 8.42 Å². The zero-order chi connectivity index (χ0) is 21.5. The predicted molar refractivity (Wildman–Crippen MR) is 120 cm³/mol. The minimum absolute atomic E-state index is 0.271. The average molecular weight is 438 g/mol. The van der Waals surface area contributed by atoms with Crippen LogP contribution in [-0.4, -0.2) is 38.5 Å². The standard InChI is InChI=1S/C20H31N5O2S2/c1-6-16-14-23-18(28-16)11-12-22-19(21-5)24-13-15-9-7-8-10-17(15)29(26,27)25-20(2,3)4/h7-10,14,25H,6,11-13H2,1-5H3,(H2,21,22,24). The van der Waals surface area contributed by atoms with Crippen molar-refractivity contribution in [3.05, 3.63) is 45.9 Å². The summed E-state index contributed by atoms with van der Waals surface area (Å²) < 4.78 is 28.2. The summed E-state index contributed by atoms with van der Waals surface area (Å²) in [4.78, 5) is 10.2. The molecule has 160 valence electrons. The molecule has 29 heavy (non-hydrogen) atoms. The molecule has 1 aromatic carbocycles. The Labute approximate surface area is 178 Å². The van der Waals surface area contributed by atoms with Gasteiger partial charge in [-0.3, -0.25) is 4.99 Å². The fourth-order valence-corrected chi connectivity index (χ4v) is 5.21. The third-order valence-electron chi connectivity index (χ3n) is 3.95. The van der Waals surface area contributed by atoms with Crippen LogP contribution >= 0.6 is 11.3 Å². The van der Waals surface area contributed by atoms with Crippen LogP contribution in [0.5, 0.6) is 0 Å². The second kappa shape index (κ2) is 10.2. The smallest absolute Gasteiger partial charge is 0.241 e. The first-order valence-electron chi connectivity index (χ1n) is 9.64. The zero-order valence-corrected chi connectivity index (χ0v) is 19.4. The predicted octanol–water partition coefficient (Wildman–Crippen LogP) is 2.69. The van der Waals surface area contributed by atoms with E-state index >= 15 is 0 Å². The number of guanidine groups is 1. The molecule has 0 aliphatic heterocycles. The van der Waals surface area contributed by atoms with E-state index in [-0.39, 0.29) is 4.90 Å². The lowest BCUT2D eigenvalue weighted by atomic mass is 10.1. The summed E-state index contributed by atoms with van der Waals surface area (Å²) in [6, 6.07) is 6.98. The number of hydrogen-bond donors (Lipinski definition) is 3. The molecule has 0 amide bonds. The highest BCUT2D eigenvalue weighted by atomic mass is 32.2. The first-order valence-corrected chi connectivity index (χ1v) is 11.9. The van der Waals surface area contributed by atoms with Gasteiger partial charge in [-0.25, -0.2) is 18.1 Å². The molecule has 3 N–H and O–H groups in total. The van der Waals surface area contributed by atoms with Crippen molar-refractivity contribution in [2.24, 2.45) is 4.99 Å². The highest BCUT2D eigenvalue weighted by Crippen LogP contribution is 2.18. The van der Waals surface area contributed by atoms with E-state index in [0.717, 1.165) is 17.8 Å². The van der Waals surface area contributed by atoms with Gasteiger partial charge in [0.25, 0.3) is 0 Å². The van der Waals surface area contributed by atoms with Gasteiger partial charge in [-0.05, 0) is 38.8 Å². The van der Waals surface area contributed by atoms with Gasteiger partial charge in [-0.1, -0.05) is 25.1 Å². The Hall–Kier alpha value is -1.97. The molecule has 9 heteroatoms.